The minimum absolute atomic E-state index is 0.199. The molecule has 0 unspecified atom stereocenters. The highest BCUT2D eigenvalue weighted by molar-refractivity contribution is 6.33. The molecular weight excluding hydrogens is 445 g/mol. The maximum absolute atomic E-state index is 13.6. The molecule has 3 rings (SSSR count). The van der Waals surface area contributed by atoms with Crippen molar-refractivity contribution < 1.29 is 27.9 Å². The van der Waals surface area contributed by atoms with Crippen molar-refractivity contribution in [3.05, 3.63) is 28.8 Å². The Morgan fingerprint density at radius 1 is 1.28 bits per heavy atom. The topological polar surface area (TPSA) is 69.6 Å². The summed E-state index contributed by atoms with van der Waals surface area (Å²) in [5.74, 6) is -2.99. The van der Waals surface area contributed by atoms with Crippen LogP contribution in [0.15, 0.2) is 18.2 Å². The van der Waals surface area contributed by atoms with Crippen LogP contribution in [-0.2, 0) is 16.0 Å². The number of benzene rings is 1. The number of carboxylic acids is 1. The van der Waals surface area contributed by atoms with E-state index >= 15 is 0 Å². The number of nitrogens with zero attached hydrogens (tertiary/aromatic N) is 1. The molecular formula is C23H30ClF3N2O3. The van der Waals surface area contributed by atoms with E-state index in [0.29, 0.717) is 37.4 Å². The summed E-state index contributed by atoms with van der Waals surface area (Å²) in [5, 5.41) is 12.2. The molecule has 1 aliphatic heterocycles. The molecule has 32 heavy (non-hydrogen) atoms. The fraction of sp³-hybridized carbons (Fsp3) is 0.652. The lowest BCUT2D eigenvalue weighted by atomic mass is 9.90. The summed E-state index contributed by atoms with van der Waals surface area (Å²) >= 11 is 6.22. The van der Waals surface area contributed by atoms with Crippen molar-refractivity contribution in [2.45, 2.75) is 64.6 Å². The molecule has 0 radical (unpaired) electrons. The smallest absolute Gasteiger partial charge is 0.393 e. The van der Waals surface area contributed by atoms with Gasteiger partial charge >= 0.3 is 12.1 Å². The van der Waals surface area contributed by atoms with Crippen LogP contribution in [0.5, 0.6) is 0 Å². The number of likely N-dealkylation sites (tertiary alicyclic amines) is 1. The van der Waals surface area contributed by atoms with Crippen molar-refractivity contribution in [2.24, 2.45) is 17.3 Å². The number of hydrogen-bond acceptors (Lipinski definition) is 3. The summed E-state index contributed by atoms with van der Waals surface area (Å²) in [4.78, 5) is 26.2. The highest BCUT2D eigenvalue weighted by Crippen LogP contribution is 2.49. The van der Waals surface area contributed by atoms with Crippen LogP contribution < -0.4 is 5.32 Å². The summed E-state index contributed by atoms with van der Waals surface area (Å²) in [6, 6.07) is 3.44. The first-order valence-electron chi connectivity index (χ1n) is 11.1. The monoisotopic (exact) mass is 474 g/mol. The Morgan fingerprint density at radius 2 is 1.91 bits per heavy atom. The predicted molar refractivity (Wildman–Crippen MR) is 117 cm³/mol. The van der Waals surface area contributed by atoms with Gasteiger partial charge in [-0.15, -0.1) is 0 Å². The number of carboxylic acid groups (broad SMARTS) is 1. The van der Waals surface area contributed by atoms with E-state index in [1.165, 1.54) is 0 Å². The van der Waals surface area contributed by atoms with Crippen LogP contribution >= 0.6 is 11.6 Å². The maximum atomic E-state index is 13.6. The van der Waals surface area contributed by atoms with Crippen LogP contribution in [0, 0.1) is 17.3 Å². The zero-order valence-corrected chi connectivity index (χ0v) is 19.1. The number of nitrogens with one attached hydrogen (secondary N) is 1. The van der Waals surface area contributed by atoms with Gasteiger partial charge in [-0.1, -0.05) is 37.9 Å². The zero-order chi connectivity index (χ0) is 23.7. The highest BCUT2D eigenvalue weighted by atomic mass is 35.5. The summed E-state index contributed by atoms with van der Waals surface area (Å²) in [6.07, 6.45) is -0.585. The van der Waals surface area contributed by atoms with Crippen molar-refractivity contribution in [1.82, 2.24) is 4.90 Å². The fourth-order valence-electron chi connectivity index (χ4n) is 4.52. The van der Waals surface area contributed by atoms with E-state index in [1.807, 2.05) is 0 Å². The first-order chi connectivity index (χ1) is 15.0. The molecule has 2 fully saturated rings. The summed E-state index contributed by atoms with van der Waals surface area (Å²) in [6.45, 7) is 3.98. The van der Waals surface area contributed by atoms with E-state index in [4.69, 9.17) is 11.6 Å². The van der Waals surface area contributed by atoms with Gasteiger partial charge in [0.05, 0.1) is 22.0 Å². The Hall–Kier alpha value is -1.80. The largest absolute Gasteiger partial charge is 0.481 e. The molecule has 0 bridgehead atoms. The number of carbonyl (C=O) groups excluding carboxylic acids is 1. The lowest BCUT2D eigenvalue weighted by Crippen LogP contribution is -2.54. The lowest BCUT2D eigenvalue weighted by molar-refractivity contribution is -0.189. The summed E-state index contributed by atoms with van der Waals surface area (Å²) in [5.41, 5.74) is 0.0819. The van der Waals surface area contributed by atoms with Crippen LogP contribution in [0.3, 0.4) is 0 Å². The number of rotatable bonds is 8. The third-order valence-electron chi connectivity index (χ3n) is 7.02. The van der Waals surface area contributed by atoms with Crippen molar-refractivity contribution in [1.29, 1.82) is 0 Å². The van der Waals surface area contributed by atoms with E-state index in [0.717, 1.165) is 26.2 Å². The van der Waals surface area contributed by atoms with Gasteiger partial charge in [-0.2, -0.15) is 13.2 Å². The minimum atomic E-state index is -4.52. The first kappa shape index (κ1) is 24.8. The van der Waals surface area contributed by atoms with E-state index in [2.05, 4.69) is 12.2 Å². The van der Waals surface area contributed by atoms with Gasteiger partial charge in [-0.25, -0.2) is 0 Å². The average molecular weight is 475 g/mol. The van der Waals surface area contributed by atoms with Gasteiger partial charge in [-0.05, 0) is 68.8 Å². The van der Waals surface area contributed by atoms with Crippen molar-refractivity contribution in [2.75, 3.05) is 18.4 Å². The maximum Gasteiger partial charge on any atom is 0.393 e. The highest BCUT2D eigenvalue weighted by Gasteiger charge is 2.50. The molecule has 1 aromatic rings. The first-order valence-corrected chi connectivity index (χ1v) is 11.5. The van der Waals surface area contributed by atoms with Gasteiger partial charge in [0.1, 0.15) is 6.04 Å². The molecule has 2 aliphatic rings. The third-order valence-corrected chi connectivity index (χ3v) is 7.35. The van der Waals surface area contributed by atoms with Crippen molar-refractivity contribution in [3.63, 3.8) is 0 Å². The Balaban J connectivity index is 1.79. The number of halogens is 4. The quantitative estimate of drug-likeness (QED) is 0.531. The second kappa shape index (κ2) is 9.59. The van der Waals surface area contributed by atoms with Crippen LogP contribution in [0.4, 0.5) is 18.9 Å². The molecule has 0 spiro atoms. The van der Waals surface area contributed by atoms with E-state index in [1.54, 1.807) is 23.1 Å². The van der Waals surface area contributed by atoms with Crippen LogP contribution in [0.25, 0.3) is 0 Å². The van der Waals surface area contributed by atoms with Crippen LogP contribution in [-0.4, -0.2) is 47.2 Å². The standard InChI is InChI=1S/C23H30ClF3N2O3/c1-3-15-6-10-29(11-7-15)19(14(2)23(25,26)27)20(30)28-18-12-16(4-5-17(18)24)13-22(8-9-22)21(31)32/h4-5,12,14-15,19H,3,6-11,13H2,1-2H3,(H,28,30)(H,31,32)/t14-,19-/m1/s1. The number of carbonyl (C=O) groups is 2. The molecule has 5 nitrogen and oxygen atoms in total. The van der Waals surface area contributed by atoms with E-state index in [9.17, 15) is 27.9 Å². The molecule has 1 saturated heterocycles. The number of amides is 1. The zero-order valence-electron chi connectivity index (χ0n) is 18.3. The normalized spacial score (nSPS) is 21.1. The molecule has 1 aliphatic carbocycles. The van der Waals surface area contributed by atoms with Gasteiger partial charge in [0.2, 0.25) is 5.91 Å². The number of hydrogen-bond donors (Lipinski definition) is 2. The van der Waals surface area contributed by atoms with Crippen LogP contribution in [0.2, 0.25) is 5.02 Å². The number of anilines is 1. The number of piperidine rings is 1. The minimum Gasteiger partial charge on any atom is -0.481 e. The Kier molecular flexibility index (Phi) is 7.44. The third kappa shape index (κ3) is 5.57. The van der Waals surface area contributed by atoms with Gasteiger partial charge < -0.3 is 10.4 Å². The van der Waals surface area contributed by atoms with Gasteiger partial charge in [0.25, 0.3) is 0 Å². The molecule has 1 amide bonds. The Bertz CT molecular complexity index is 849. The Morgan fingerprint density at radius 3 is 2.41 bits per heavy atom. The molecule has 1 aromatic carbocycles. The molecule has 1 heterocycles. The molecule has 1 saturated carbocycles. The number of aliphatic carboxylic acids is 1. The van der Waals surface area contributed by atoms with Crippen molar-refractivity contribution >= 4 is 29.2 Å². The second-order valence-electron chi connectivity index (χ2n) is 9.23. The predicted octanol–water partition coefficient (Wildman–Crippen LogP) is 5.37. The summed E-state index contributed by atoms with van der Waals surface area (Å²) < 4.78 is 40.9. The van der Waals surface area contributed by atoms with Gasteiger partial charge in [0, 0.05) is 0 Å². The molecule has 178 valence electrons. The second-order valence-corrected chi connectivity index (χ2v) is 9.64. The van der Waals surface area contributed by atoms with Gasteiger partial charge in [0.15, 0.2) is 0 Å². The molecule has 2 atom stereocenters. The van der Waals surface area contributed by atoms with E-state index in [-0.39, 0.29) is 17.1 Å². The van der Waals surface area contributed by atoms with Crippen LogP contribution in [0.1, 0.15) is 51.5 Å². The lowest BCUT2D eigenvalue weighted by Gasteiger charge is -2.39. The van der Waals surface area contributed by atoms with Crippen molar-refractivity contribution in [3.8, 4) is 0 Å². The average Bonchev–Trinajstić information content (AvgIpc) is 3.51. The molecule has 2 N–H and O–H groups in total. The SMILES string of the molecule is CCC1CCN([C@@H](C(=O)Nc2cc(CC3(C(=O)O)CC3)ccc2Cl)[C@@H](C)C(F)(F)F)CC1. The number of alkyl halides is 3. The fourth-order valence-corrected chi connectivity index (χ4v) is 4.68. The molecule has 0 aromatic heterocycles. The summed E-state index contributed by atoms with van der Waals surface area (Å²) in [7, 11) is 0. The van der Waals surface area contributed by atoms with E-state index < -0.39 is 35.4 Å². The molecule has 9 heteroatoms. The Labute approximate surface area is 191 Å². The van der Waals surface area contributed by atoms with Gasteiger partial charge in [-0.3, -0.25) is 14.5 Å².